The number of benzene rings is 2. The lowest BCUT2D eigenvalue weighted by Gasteiger charge is -2.05. The van der Waals surface area contributed by atoms with Gasteiger partial charge in [-0.15, -0.1) is 0 Å². The van der Waals surface area contributed by atoms with Crippen LogP contribution < -0.4 is 9.47 Å². The van der Waals surface area contributed by atoms with Gasteiger partial charge < -0.3 is 14.2 Å². The second-order valence-corrected chi connectivity index (χ2v) is 7.28. The minimum absolute atomic E-state index is 0.619. The van der Waals surface area contributed by atoms with Gasteiger partial charge in [0, 0.05) is 24.4 Å². The third kappa shape index (κ3) is 9.08. The van der Waals surface area contributed by atoms with Gasteiger partial charge in [-0.25, -0.2) is 0 Å². The average molecular weight is 431 g/mol. The molecule has 0 aliphatic rings. The van der Waals surface area contributed by atoms with Crippen molar-refractivity contribution in [2.45, 2.75) is 32.1 Å². The van der Waals surface area contributed by atoms with Crippen LogP contribution in [0.15, 0.2) is 59.7 Å². The molecule has 166 valence electrons. The van der Waals surface area contributed by atoms with Crippen molar-refractivity contribution in [2.24, 2.45) is 0 Å². The fourth-order valence-electron chi connectivity index (χ4n) is 3.11. The molecule has 0 spiro atoms. The largest absolute Gasteiger partial charge is 0.497 e. The molecular weight excluding hydrogens is 400 g/mol. The minimum atomic E-state index is 0.619. The van der Waals surface area contributed by atoms with E-state index in [2.05, 4.69) is 12.1 Å². The molecule has 0 N–H and O–H groups in total. The first-order valence-electron chi connectivity index (χ1n) is 10.8. The van der Waals surface area contributed by atoms with Crippen molar-refractivity contribution in [1.82, 2.24) is 0 Å². The highest BCUT2D eigenvalue weighted by molar-refractivity contribution is 5.58. The van der Waals surface area contributed by atoms with Crippen molar-refractivity contribution in [3.63, 3.8) is 0 Å². The highest BCUT2D eigenvalue weighted by Gasteiger charge is 2.01. The average Bonchev–Trinajstić information content (AvgIpc) is 2.84. The second kappa shape index (κ2) is 14.5. The first-order chi connectivity index (χ1) is 15.7. The Balaban J connectivity index is 1.63. The van der Waals surface area contributed by atoms with Gasteiger partial charge in [0.15, 0.2) is 0 Å². The zero-order valence-corrected chi connectivity index (χ0v) is 18.8. The Morgan fingerprint density at radius 3 is 1.56 bits per heavy atom. The summed E-state index contributed by atoms with van der Waals surface area (Å²) in [6.07, 6.45) is 7.83. The van der Waals surface area contributed by atoms with E-state index in [1.165, 1.54) is 0 Å². The van der Waals surface area contributed by atoms with Crippen LogP contribution >= 0.6 is 0 Å². The first-order valence-corrected chi connectivity index (χ1v) is 10.8. The number of allylic oxidation sites excluding steroid dienone is 2. The smallest absolute Gasteiger partial charge is 0.118 e. The summed E-state index contributed by atoms with van der Waals surface area (Å²) < 4.78 is 16.0. The van der Waals surface area contributed by atoms with Gasteiger partial charge in [0.1, 0.15) is 11.5 Å². The van der Waals surface area contributed by atoms with E-state index < -0.39 is 0 Å². The molecule has 0 radical (unpaired) electrons. The Kier molecular flexibility index (Phi) is 11.2. The van der Waals surface area contributed by atoms with Crippen LogP contribution in [0, 0.1) is 22.7 Å². The van der Waals surface area contributed by atoms with Crippen LogP contribution in [0.2, 0.25) is 0 Å². The van der Waals surface area contributed by atoms with Crippen molar-refractivity contribution in [3.05, 3.63) is 70.8 Å². The van der Waals surface area contributed by atoms with Crippen molar-refractivity contribution in [1.29, 1.82) is 10.5 Å². The molecular formula is C27H30N2O3. The molecule has 0 aliphatic carbocycles. The van der Waals surface area contributed by atoms with Crippen molar-refractivity contribution in [3.8, 4) is 23.6 Å². The molecule has 0 atom stereocenters. The predicted octanol–water partition coefficient (Wildman–Crippen LogP) is 6.19. The molecule has 0 saturated carbocycles. The third-order valence-corrected chi connectivity index (χ3v) is 4.92. The van der Waals surface area contributed by atoms with Gasteiger partial charge in [0.05, 0.1) is 26.4 Å². The van der Waals surface area contributed by atoms with Crippen LogP contribution in [0.1, 0.15) is 43.2 Å². The molecule has 32 heavy (non-hydrogen) atoms. The molecule has 2 aromatic rings. The lowest BCUT2D eigenvalue weighted by atomic mass is 10.1. The zero-order chi connectivity index (χ0) is 23.0. The zero-order valence-electron chi connectivity index (χ0n) is 18.8. The lowest BCUT2D eigenvalue weighted by molar-refractivity contribution is 0.128. The van der Waals surface area contributed by atoms with Gasteiger partial charge in [0.2, 0.25) is 0 Å². The van der Waals surface area contributed by atoms with Gasteiger partial charge >= 0.3 is 0 Å². The summed E-state index contributed by atoms with van der Waals surface area (Å²) in [6.45, 7) is 1.28. The van der Waals surface area contributed by atoms with E-state index in [0.29, 0.717) is 19.6 Å². The number of methoxy groups -OCH3 is 2. The molecule has 0 unspecified atom stereocenters. The number of ether oxygens (including phenoxy) is 3. The maximum atomic E-state index is 9.36. The van der Waals surface area contributed by atoms with Crippen molar-refractivity contribution in [2.75, 3.05) is 27.4 Å². The summed E-state index contributed by atoms with van der Waals surface area (Å²) in [6, 6.07) is 19.8. The number of hydrogen-bond donors (Lipinski definition) is 0. The molecule has 0 amide bonds. The van der Waals surface area contributed by atoms with Crippen molar-refractivity contribution >= 4 is 12.2 Å². The fourth-order valence-corrected chi connectivity index (χ4v) is 3.11. The Labute approximate surface area is 191 Å². The number of nitriles is 2. The number of rotatable bonds is 13. The Bertz CT molecular complexity index is 880. The summed E-state index contributed by atoms with van der Waals surface area (Å²) in [5.74, 6) is 1.60. The molecule has 5 nitrogen and oxygen atoms in total. The van der Waals surface area contributed by atoms with Crippen LogP contribution in [0.25, 0.3) is 12.2 Å². The van der Waals surface area contributed by atoms with Gasteiger partial charge in [0.25, 0.3) is 0 Å². The van der Waals surface area contributed by atoms with Crippen LogP contribution in [-0.4, -0.2) is 27.4 Å². The van der Waals surface area contributed by atoms with Crippen LogP contribution in [0.3, 0.4) is 0 Å². The van der Waals surface area contributed by atoms with Crippen LogP contribution in [0.5, 0.6) is 11.5 Å². The van der Waals surface area contributed by atoms with Gasteiger partial charge in [-0.1, -0.05) is 24.3 Å². The Morgan fingerprint density at radius 2 is 1.12 bits per heavy atom. The highest BCUT2D eigenvalue weighted by atomic mass is 16.5. The fraction of sp³-hybridized carbons (Fsp3) is 0.333. The predicted molar refractivity (Wildman–Crippen MR) is 127 cm³/mol. The summed E-state index contributed by atoms with van der Waals surface area (Å²) in [4.78, 5) is 0. The SMILES string of the molecule is COc1ccc(C=C(C#N)CCCCOCCCC(C#N)=Cc2ccc(OC)cc2)cc1. The molecule has 0 saturated heterocycles. The molecule has 0 aromatic heterocycles. The lowest BCUT2D eigenvalue weighted by Crippen LogP contribution is -1.98. The molecule has 2 aromatic carbocycles. The third-order valence-electron chi connectivity index (χ3n) is 4.92. The van der Waals surface area contributed by atoms with Crippen molar-refractivity contribution < 1.29 is 14.2 Å². The van der Waals surface area contributed by atoms with E-state index in [-0.39, 0.29) is 0 Å². The monoisotopic (exact) mass is 430 g/mol. The minimum Gasteiger partial charge on any atom is -0.497 e. The van der Waals surface area contributed by atoms with Gasteiger partial charge in [-0.05, 0) is 79.6 Å². The van der Waals surface area contributed by atoms with E-state index in [9.17, 15) is 10.5 Å². The maximum absolute atomic E-state index is 9.36. The molecule has 2 rings (SSSR count). The quantitative estimate of drug-likeness (QED) is 0.280. The molecule has 0 fully saturated rings. The topological polar surface area (TPSA) is 75.3 Å². The second-order valence-electron chi connectivity index (χ2n) is 7.28. The van der Waals surface area contributed by atoms with E-state index in [1.54, 1.807) is 14.2 Å². The maximum Gasteiger partial charge on any atom is 0.118 e. The number of nitrogens with zero attached hydrogens (tertiary/aromatic N) is 2. The number of unbranched alkanes of at least 4 members (excludes halogenated alkanes) is 1. The van der Waals surface area contributed by atoms with Crippen LogP contribution in [0.4, 0.5) is 0 Å². The summed E-state index contributed by atoms with van der Waals surface area (Å²) in [5.41, 5.74) is 3.48. The van der Waals surface area contributed by atoms with Crippen LogP contribution in [-0.2, 0) is 4.74 Å². The van der Waals surface area contributed by atoms with Gasteiger partial charge in [-0.2, -0.15) is 10.5 Å². The van der Waals surface area contributed by atoms with E-state index in [1.807, 2.05) is 60.7 Å². The standard InChI is InChI=1S/C27H30N2O3/c1-30-26-12-8-22(9-13-26)18-24(20-28)6-3-4-16-32-17-5-7-25(21-29)19-23-10-14-27(31-2)15-11-23/h8-15,18-19H,3-7,16-17H2,1-2H3. The van der Waals surface area contributed by atoms with E-state index in [4.69, 9.17) is 14.2 Å². The van der Waals surface area contributed by atoms with E-state index >= 15 is 0 Å². The highest BCUT2D eigenvalue weighted by Crippen LogP contribution is 2.17. The molecule has 0 bridgehead atoms. The molecule has 0 aliphatic heterocycles. The summed E-state index contributed by atoms with van der Waals surface area (Å²) in [7, 11) is 3.27. The van der Waals surface area contributed by atoms with Gasteiger partial charge in [-0.3, -0.25) is 0 Å². The summed E-state index contributed by atoms with van der Waals surface area (Å²) >= 11 is 0. The molecule has 0 heterocycles. The first kappa shape index (κ1) is 24.7. The van der Waals surface area contributed by atoms with E-state index in [0.717, 1.165) is 59.5 Å². The summed E-state index contributed by atoms with van der Waals surface area (Å²) in [5, 5.41) is 18.7. The normalized spacial score (nSPS) is 11.5. The Morgan fingerprint density at radius 1 is 0.688 bits per heavy atom. The Hall–Kier alpha value is -3.54. The molecule has 5 heteroatoms. The number of hydrogen-bond acceptors (Lipinski definition) is 5.